The van der Waals surface area contributed by atoms with E-state index in [2.05, 4.69) is 15.1 Å². The molecule has 0 spiro atoms. The number of nitrogens with zero attached hydrogens (tertiary/aromatic N) is 3. The standard InChI is InChI=1S/C19H20ClFN4OS/c20-17-10-15(21)4-3-14(17)11-24-7-5-13(6-8-24)18-22-23-19(27)25(18)12-16-2-1-9-26-16/h1-4,9-10,13H,5-8,11-12H2,(H,23,27). The summed E-state index contributed by atoms with van der Waals surface area (Å²) in [5, 5.41) is 7.88. The number of piperidine rings is 1. The Morgan fingerprint density at radius 3 is 2.78 bits per heavy atom. The van der Waals surface area contributed by atoms with Crippen LogP contribution in [-0.2, 0) is 13.1 Å². The molecule has 1 aromatic carbocycles. The summed E-state index contributed by atoms with van der Waals surface area (Å²) < 4.78 is 21.3. The molecule has 8 heteroatoms. The van der Waals surface area contributed by atoms with Crippen LogP contribution in [0.25, 0.3) is 0 Å². The topological polar surface area (TPSA) is 50.0 Å². The van der Waals surface area contributed by atoms with Crippen molar-refractivity contribution in [1.29, 1.82) is 0 Å². The third kappa shape index (κ3) is 4.15. The number of likely N-dealkylation sites (tertiary alicyclic amines) is 1. The van der Waals surface area contributed by atoms with Gasteiger partial charge in [-0.1, -0.05) is 17.7 Å². The molecule has 0 atom stereocenters. The van der Waals surface area contributed by atoms with E-state index >= 15 is 0 Å². The molecule has 0 bridgehead atoms. The zero-order valence-corrected chi connectivity index (χ0v) is 16.3. The van der Waals surface area contributed by atoms with Crippen molar-refractivity contribution in [1.82, 2.24) is 19.7 Å². The first kappa shape index (κ1) is 18.4. The molecule has 1 N–H and O–H groups in total. The van der Waals surface area contributed by atoms with E-state index in [1.165, 1.54) is 12.1 Å². The highest BCUT2D eigenvalue weighted by Gasteiger charge is 2.25. The zero-order chi connectivity index (χ0) is 18.8. The van der Waals surface area contributed by atoms with E-state index in [9.17, 15) is 4.39 Å². The molecule has 27 heavy (non-hydrogen) atoms. The molecule has 2 aromatic heterocycles. The number of aromatic amines is 1. The fourth-order valence-electron chi connectivity index (χ4n) is 3.59. The summed E-state index contributed by atoms with van der Waals surface area (Å²) >= 11 is 11.6. The molecule has 1 aliphatic rings. The normalized spacial score (nSPS) is 16.1. The molecular weight excluding hydrogens is 387 g/mol. The fraction of sp³-hybridized carbons (Fsp3) is 0.368. The number of hydrogen-bond acceptors (Lipinski definition) is 4. The largest absolute Gasteiger partial charge is 0.467 e. The lowest BCUT2D eigenvalue weighted by Crippen LogP contribution is -2.33. The summed E-state index contributed by atoms with van der Waals surface area (Å²) in [6.45, 7) is 3.17. The van der Waals surface area contributed by atoms with Gasteiger partial charge in [-0.25, -0.2) is 4.39 Å². The van der Waals surface area contributed by atoms with Crippen LogP contribution in [0.1, 0.15) is 35.9 Å². The molecule has 4 rings (SSSR count). The minimum absolute atomic E-state index is 0.304. The third-order valence-corrected chi connectivity index (χ3v) is 5.71. The molecule has 0 amide bonds. The highest BCUT2D eigenvalue weighted by Crippen LogP contribution is 2.29. The first-order chi connectivity index (χ1) is 13.1. The third-order valence-electron chi connectivity index (χ3n) is 5.04. The van der Waals surface area contributed by atoms with Crippen molar-refractivity contribution < 1.29 is 8.81 Å². The smallest absolute Gasteiger partial charge is 0.195 e. The van der Waals surface area contributed by atoms with Crippen molar-refractivity contribution >= 4 is 23.8 Å². The summed E-state index contributed by atoms with van der Waals surface area (Å²) in [6.07, 6.45) is 3.63. The summed E-state index contributed by atoms with van der Waals surface area (Å²) in [6, 6.07) is 8.40. The van der Waals surface area contributed by atoms with Crippen LogP contribution in [0.15, 0.2) is 41.0 Å². The van der Waals surface area contributed by atoms with Gasteiger partial charge in [0.2, 0.25) is 0 Å². The number of nitrogens with one attached hydrogen (secondary N) is 1. The van der Waals surface area contributed by atoms with Crippen LogP contribution in [0, 0.1) is 10.6 Å². The van der Waals surface area contributed by atoms with Gasteiger partial charge < -0.3 is 4.42 Å². The van der Waals surface area contributed by atoms with Crippen LogP contribution < -0.4 is 0 Å². The Kier molecular flexibility index (Phi) is 5.43. The Bertz CT molecular complexity index is 961. The number of hydrogen-bond donors (Lipinski definition) is 1. The number of H-pyrrole nitrogens is 1. The van der Waals surface area contributed by atoms with Crippen molar-refractivity contribution in [2.24, 2.45) is 0 Å². The van der Waals surface area contributed by atoms with Crippen LogP contribution in [0.3, 0.4) is 0 Å². The molecular formula is C19H20ClFN4OS. The number of rotatable bonds is 5. The molecule has 3 aromatic rings. The van der Waals surface area contributed by atoms with Gasteiger partial charge >= 0.3 is 0 Å². The summed E-state index contributed by atoms with van der Waals surface area (Å²) in [4.78, 5) is 2.34. The van der Waals surface area contributed by atoms with E-state index in [4.69, 9.17) is 28.2 Å². The molecule has 1 saturated heterocycles. The van der Waals surface area contributed by atoms with E-state index in [0.717, 1.165) is 49.6 Å². The van der Waals surface area contributed by atoms with Crippen LogP contribution in [-0.4, -0.2) is 32.8 Å². The second-order valence-electron chi connectivity index (χ2n) is 6.84. The van der Waals surface area contributed by atoms with E-state index in [1.54, 1.807) is 12.3 Å². The van der Waals surface area contributed by atoms with Crippen LogP contribution in [0.4, 0.5) is 4.39 Å². The van der Waals surface area contributed by atoms with Crippen molar-refractivity contribution in [3.8, 4) is 0 Å². The lowest BCUT2D eigenvalue weighted by atomic mass is 9.95. The van der Waals surface area contributed by atoms with E-state index in [0.29, 0.717) is 22.3 Å². The van der Waals surface area contributed by atoms with Gasteiger partial charge in [0, 0.05) is 17.5 Å². The lowest BCUT2D eigenvalue weighted by Gasteiger charge is -2.31. The maximum atomic E-state index is 13.2. The molecule has 0 saturated carbocycles. The highest BCUT2D eigenvalue weighted by molar-refractivity contribution is 7.71. The van der Waals surface area contributed by atoms with Gasteiger partial charge in [0.15, 0.2) is 4.77 Å². The summed E-state index contributed by atoms with van der Waals surface area (Å²) in [5.41, 5.74) is 0.956. The highest BCUT2D eigenvalue weighted by atomic mass is 35.5. The van der Waals surface area contributed by atoms with Crippen molar-refractivity contribution in [3.63, 3.8) is 0 Å². The maximum absolute atomic E-state index is 13.2. The summed E-state index contributed by atoms with van der Waals surface area (Å²) in [7, 11) is 0. The maximum Gasteiger partial charge on any atom is 0.195 e. The molecule has 1 aliphatic heterocycles. The first-order valence-corrected chi connectivity index (χ1v) is 9.72. The minimum Gasteiger partial charge on any atom is -0.467 e. The number of furan rings is 1. The fourth-order valence-corrected chi connectivity index (χ4v) is 4.02. The average molecular weight is 407 g/mol. The Morgan fingerprint density at radius 2 is 2.07 bits per heavy atom. The Hall–Kier alpha value is -1.96. The van der Waals surface area contributed by atoms with Gasteiger partial charge in [0.25, 0.3) is 0 Å². The molecule has 142 valence electrons. The number of halogens is 2. The van der Waals surface area contributed by atoms with Crippen LogP contribution in [0.5, 0.6) is 0 Å². The molecule has 0 radical (unpaired) electrons. The van der Waals surface area contributed by atoms with E-state index < -0.39 is 0 Å². The van der Waals surface area contributed by atoms with Crippen molar-refractivity contribution in [2.75, 3.05) is 13.1 Å². The predicted molar refractivity (Wildman–Crippen MR) is 104 cm³/mol. The number of aromatic nitrogens is 3. The van der Waals surface area contributed by atoms with E-state index in [1.807, 2.05) is 16.7 Å². The molecule has 0 aliphatic carbocycles. The number of benzene rings is 1. The first-order valence-electron chi connectivity index (χ1n) is 8.94. The zero-order valence-electron chi connectivity index (χ0n) is 14.7. The summed E-state index contributed by atoms with van der Waals surface area (Å²) in [5.74, 6) is 1.88. The van der Waals surface area contributed by atoms with Gasteiger partial charge in [-0.3, -0.25) is 14.6 Å². The van der Waals surface area contributed by atoms with Gasteiger partial charge in [0.05, 0.1) is 12.8 Å². The lowest BCUT2D eigenvalue weighted by molar-refractivity contribution is 0.200. The predicted octanol–water partition coefficient (Wildman–Crippen LogP) is 4.75. The second-order valence-corrected chi connectivity index (χ2v) is 7.63. The SMILES string of the molecule is Fc1ccc(CN2CCC(c3n[nH]c(=S)n3Cc3ccco3)CC2)c(Cl)c1. The van der Waals surface area contributed by atoms with Crippen LogP contribution in [0.2, 0.25) is 5.02 Å². The molecule has 3 heterocycles. The molecule has 1 fully saturated rings. The second kappa shape index (κ2) is 7.96. The van der Waals surface area contributed by atoms with Gasteiger partial charge in [-0.05, 0) is 68.0 Å². The Labute approximate surface area is 166 Å². The van der Waals surface area contributed by atoms with E-state index in [-0.39, 0.29) is 5.82 Å². The molecule has 5 nitrogen and oxygen atoms in total. The minimum atomic E-state index is -0.304. The quantitative estimate of drug-likeness (QED) is 0.621. The van der Waals surface area contributed by atoms with Gasteiger partial charge in [-0.2, -0.15) is 5.10 Å². The monoisotopic (exact) mass is 406 g/mol. The van der Waals surface area contributed by atoms with Crippen molar-refractivity contribution in [3.05, 3.63) is 69.4 Å². The Balaban J connectivity index is 1.42. The van der Waals surface area contributed by atoms with Gasteiger partial charge in [0.1, 0.15) is 17.4 Å². The van der Waals surface area contributed by atoms with Gasteiger partial charge in [-0.15, -0.1) is 0 Å². The van der Waals surface area contributed by atoms with Crippen molar-refractivity contribution in [2.45, 2.75) is 31.8 Å². The Morgan fingerprint density at radius 1 is 1.26 bits per heavy atom. The van der Waals surface area contributed by atoms with Crippen LogP contribution >= 0.6 is 23.8 Å². The average Bonchev–Trinajstić information content (AvgIpc) is 3.29. The molecule has 0 unspecified atom stereocenters.